The van der Waals surface area contributed by atoms with Gasteiger partial charge in [0.25, 0.3) is 5.91 Å². The van der Waals surface area contributed by atoms with Crippen molar-refractivity contribution in [2.75, 3.05) is 18.5 Å². The van der Waals surface area contributed by atoms with Crippen molar-refractivity contribution in [3.8, 4) is 17.2 Å². The van der Waals surface area contributed by atoms with E-state index in [4.69, 9.17) is 14.2 Å². The molecule has 0 radical (unpaired) electrons. The highest BCUT2D eigenvalue weighted by atomic mass is 79.9. The smallest absolute Gasteiger partial charge is 0.255 e. The van der Waals surface area contributed by atoms with Gasteiger partial charge in [-0.1, -0.05) is 30.3 Å². The summed E-state index contributed by atoms with van der Waals surface area (Å²) in [6, 6.07) is 20.5. The third-order valence-electron chi connectivity index (χ3n) is 4.24. The predicted octanol–water partition coefficient (Wildman–Crippen LogP) is 5.05. The maximum atomic E-state index is 12.6. The van der Waals surface area contributed by atoms with Gasteiger partial charge in [-0.3, -0.25) is 4.79 Å². The van der Waals surface area contributed by atoms with Crippen LogP contribution in [0, 0.1) is 0 Å². The van der Waals surface area contributed by atoms with Crippen LogP contribution < -0.4 is 19.5 Å². The second kappa shape index (κ2) is 8.35. The molecule has 3 aromatic rings. The molecule has 0 bridgehead atoms. The Labute approximate surface area is 171 Å². The maximum absolute atomic E-state index is 12.6. The number of halogens is 1. The second-order valence-corrected chi connectivity index (χ2v) is 7.08. The molecule has 0 spiro atoms. The second-order valence-electron chi connectivity index (χ2n) is 6.23. The van der Waals surface area contributed by atoms with Crippen molar-refractivity contribution in [2.24, 2.45) is 0 Å². The Bertz CT molecular complexity index is 974. The first-order valence-corrected chi connectivity index (χ1v) is 9.65. The SMILES string of the molecule is O=C(Nc1cc2c(cc1Br)OCCO2)c1ccc(COc2ccccc2)cc1. The number of carbonyl (C=O) groups excluding carboxylic acids is 1. The van der Waals surface area contributed by atoms with Gasteiger partial charge in [-0.05, 0) is 45.8 Å². The molecule has 0 unspecified atom stereocenters. The van der Waals surface area contributed by atoms with Crippen molar-refractivity contribution < 1.29 is 19.0 Å². The van der Waals surface area contributed by atoms with Gasteiger partial charge in [0.1, 0.15) is 25.6 Å². The van der Waals surface area contributed by atoms with E-state index in [0.717, 1.165) is 15.8 Å². The van der Waals surface area contributed by atoms with Gasteiger partial charge in [-0.15, -0.1) is 0 Å². The molecule has 6 heteroatoms. The lowest BCUT2D eigenvalue weighted by Crippen LogP contribution is -2.17. The largest absolute Gasteiger partial charge is 0.489 e. The van der Waals surface area contributed by atoms with E-state index >= 15 is 0 Å². The average molecular weight is 440 g/mol. The number of carbonyl (C=O) groups is 1. The van der Waals surface area contributed by atoms with Crippen LogP contribution in [0.25, 0.3) is 0 Å². The Hall–Kier alpha value is -2.99. The third kappa shape index (κ3) is 4.28. The predicted molar refractivity (Wildman–Crippen MR) is 110 cm³/mol. The first-order valence-electron chi connectivity index (χ1n) is 8.86. The molecule has 3 aromatic carbocycles. The summed E-state index contributed by atoms with van der Waals surface area (Å²) in [7, 11) is 0. The molecule has 0 saturated heterocycles. The lowest BCUT2D eigenvalue weighted by atomic mass is 10.1. The van der Waals surface area contributed by atoms with Crippen LogP contribution in [0.5, 0.6) is 17.2 Å². The summed E-state index contributed by atoms with van der Waals surface area (Å²) in [6.07, 6.45) is 0. The van der Waals surface area contributed by atoms with Crippen LogP contribution in [0.2, 0.25) is 0 Å². The van der Waals surface area contributed by atoms with Crippen LogP contribution in [0.1, 0.15) is 15.9 Å². The van der Waals surface area contributed by atoms with E-state index in [1.807, 2.05) is 42.5 Å². The molecule has 142 valence electrons. The Balaban J connectivity index is 1.41. The number of anilines is 1. The van der Waals surface area contributed by atoms with Crippen LogP contribution in [0.15, 0.2) is 71.2 Å². The number of hydrogen-bond donors (Lipinski definition) is 1. The van der Waals surface area contributed by atoms with Crippen molar-refractivity contribution in [2.45, 2.75) is 6.61 Å². The number of nitrogens with one attached hydrogen (secondary N) is 1. The molecule has 0 atom stereocenters. The van der Waals surface area contributed by atoms with Gasteiger partial charge in [0.15, 0.2) is 11.5 Å². The zero-order valence-electron chi connectivity index (χ0n) is 15.0. The average Bonchev–Trinajstić information content (AvgIpc) is 2.74. The molecule has 28 heavy (non-hydrogen) atoms. The molecule has 5 nitrogen and oxygen atoms in total. The van der Waals surface area contributed by atoms with Crippen molar-refractivity contribution in [1.82, 2.24) is 0 Å². The minimum atomic E-state index is -0.201. The van der Waals surface area contributed by atoms with Gasteiger partial charge >= 0.3 is 0 Å². The zero-order chi connectivity index (χ0) is 19.3. The summed E-state index contributed by atoms with van der Waals surface area (Å²) < 4.78 is 17.6. The standard InChI is InChI=1S/C22H18BrNO4/c23-18-12-20-21(27-11-10-26-20)13-19(18)24-22(25)16-8-6-15(7-9-16)14-28-17-4-2-1-3-5-17/h1-9,12-13H,10-11,14H2,(H,24,25). The highest BCUT2D eigenvalue weighted by Crippen LogP contribution is 2.38. The molecule has 1 aliphatic rings. The molecule has 1 N–H and O–H groups in total. The van der Waals surface area contributed by atoms with Crippen LogP contribution in [0.3, 0.4) is 0 Å². The van der Waals surface area contributed by atoms with E-state index in [-0.39, 0.29) is 5.91 Å². The van der Waals surface area contributed by atoms with Crippen LogP contribution in [0.4, 0.5) is 5.69 Å². The number of benzene rings is 3. The van der Waals surface area contributed by atoms with Gasteiger partial charge < -0.3 is 19.5 Å². The molecule has 0 fully saturated rings. The summed E-state index contributed by atoms with van der Waals surface area (Å²) in [4.78, 5) is 12.6. The quantitative estimate of drug-likeness (QED) is 0.603. The topological polar surface area (TPSA) is 56.8 Å². The number of amides is 1. The molecule has 0 saturated carbocycles. The van der Waals surface area contributed by atoms with Gasteiger partial charge in [0.05, 0.1) is 5.69 Å². The van der Waals surface area contributed by atoms with Gasteiger partial charge in [-0.25, -0.2) is 0 Å². The van der Waals surface area contributed by atoms with Crippen molar-refractivity contribution >= 4 is 27.5 Å². The first kappa shape index (κ1) is 18.4. The summed E-state index contributed by atoms with van der Waals surface area (Å²) in [5, 5.41) is 2.90. The monoisotopic (exact) mass is 439 g/mol. The van der Waals surface area contributed by atoms with Gasteiger partial charge in [-0.2, -0.15) is 0 Å². The lowest BCUT2D eigenvalue weighted by molar-refractivity contribution is 0.102. The number of hydrogen-bond acceptors (Lipinski definition) is 4. The van der Waals surface area contributed by atoms with E-state index in [9.17, 15) is 4.79 Å². The molecule has 0 aromatic heterocycles. The molecular formula is C22H18BrNO4. The van der Waals surface area contributed by atoms with E-state index in [1.54, 1.807) is 24.3 Å². The van der Waals surface area contributed by atoms with E-state index in [2.05, 4.69) is 21.2 Å². The molecule has 0 aliphatic carbocycles. The number of ether oxygens (including phenoxy) is 3. The van der Waals surface area contributed by atoms with E-state index in [1.165, 1.54) is 0 Å². The molecule has 1 aliphatic heterocycles. The Morgan fingerprint density at radius 1 is 0.964 bits per heavy atom. The van der Waals surface area contributed by atoms with Crippen LogP contribution in [-0.4, -0.2) is 19.1 Å². The summed E-state index contributed by atoms with van der Waals surface area (Å²) in [5.74, 6) is 1.90. The Kier molecular flexibility index (Phi) is 5.48. The van der Waals surface area contributed by atoms with E-state index in [0.29, 0.717) is 42.6 Å². The fourth-order valence-corrected chi connectivity index (χ4v) is 3.21. The molecule has 4 rings (SSSR count). The van der Waals surface area contributed by atoms with Crippen LogP contribution >= 0.6 is 15.9 Å². The highest BCUT2D eigenvalue weighted by Gasteiger charge is 2.16. The normalized spacial score (nSPS) is 12.3. The van der Waals surface area contributed by atoms with Crippen molar-refractivity contribution in [1.29, 1.82) is 0 Å². The first-order chi connectivity index (χ1) is 13.7. The van der Waals surface area contributed by atoms with Crippen molar-refractivity contribution in [3.05, 3.63) is 82.3 Å². The summed E-state index contributed by atoms with van der Waals surface area (Å²) in [5.41, 5.74) is 2.18. The molecule has 1 amide bonds. The molecular weight excluding hydrogens is 422 g/mol. The Morgan fingerprint density at radius 3 is 2.36 bits per heavy atom. The maximum Gasteiger partial charge on any atom is 0.255 e. The lowest BCUT2D eigenvalue weighted by Gasteiger charge is -2.20. The highest BCUT2D eigenvalue weighted by molar-refractivity contribution is 9.10. The number of para-hydroxylation sites is 1. The fourth-order valence-electron chi connectivity index (χ4n) is 2.79. The van der Waals surface area contributed by atoms with Gasteiger partial charge in [0, 0.05) is 22.2 Å². The van der Waals surface area contributed by atoms with E-state index < -0.39 is 0 Å². The van der Waals surface area contributed by atoms with Gasteiger partial charge in [0.2, 0.25) is 0 Å². The zero-order valence-corrected chi connectivity index (χ0v) is 16.6. The summed E-state index contributed by atoms with van der Waals surface area (Å²) >= 11 is 3.46. The Morgan fingerprint density at radius 2 is 1.64 bits per heavy atom. The number of rotatable bonds is 5. The minimum Gasteiger partial charge on any atom is -0.489 e. The third-order valence-corrected chi connectivity index (χ3v) is 4.90. The van der Waals surface area contributed by atoms with Crippen LogP contribution in [-0.2, 0) is 6.61 Å². The number of fused-ring (bicyclic) bond motifs is 1. The summed E-state index contributed by atoms with van der Waals surface area (Å²) in [6.45, 7) is 1.46. The molecule has 1 heterocycles. The minimum absolute atomic E-state index is 0.201. The fraction of sp³-hybridized carbons (Fsp3) is 0.136. The van der Waals surface area contributed by atoms with Crippen molar-refractivity contribution in [3.63, 3.8) is 0 Å².